The zero-order valence-electron chi connectivity index (χ0n) is 12.1. The molecule has 5 heteroatoms. The van der Waals surface area contributed by atoms with Crippen molar-refractivity contribution in [1.29, 1.82) is 0 Å². The molecule has 0 saturated carbocycles. The second-order valence-electron chi connectivity index (χ2n) is 5.05. The van der Waals surface area contributed by atoms with Gasteiger partial charge in [-0.25, -0.2) is 0 Å². The van der Waals surface area contributed by atoms with Gasteiger partial charge in [-0.05, 0) is 38.0 Å². The third-order valence-corrected chi connectivity index (χ3v) is 3.69. The molecule has 0 bridgehead atoms. The summed E-state index contributed by atoms with van der Waals surface area (Å²) in [5, 5.41) is 15.6. The molecule has 1 aromatic heterocycles. The van der Waals surface area contributed by atoms with Crippen LogP contribution >= 0.6 is 11.6 Å². The van der Waals surface area contributed by atoms with Gasteiger partial charge in [-0.2, -0.15) is 5.10 Å². The van der Waals surface area contributed by atoms with Crippen LogP contribution < -0.4 is 4.74 Å². The molecular weight excluding hydrogens is 276 g/mol. The Bertz CT molecular complexity index is 608. The first-order valence-corrected chi connectivity index (χ1v) is 6.89. The molecule has 1 N–H and O–H groups in total. The SMILES string of the molecule is COc1cnn(C(C)C)c1C(O)c1ccc(Cl)c(C)c1. The molecule has 1 atom stereocenters. The third-order valence-electron chi connectivity index (χ3n) is 3.26. The van der Waals surface area contributed by atoms with Crippen LogP contribution in [0.5, 0.6) is 5.75 Å². The highest BCUT2D eigenvalue weighted by molar-refractivity contribution is 6.31. The van der Waals surface area contributed by atoms with E-state index in [4.69, 9.17) is 16.3 Å². The van der Waals surface area contributed by atoms with Crippen LogP contribution in [0.4, 0.5) is 0 Å². The number of aromatic nitrogens is 2. The van der Waals surface area contributed by atoms with Gasteiger partial charge in [-0.1, -0.05) is 23.7 Å². The van der Waals surface area contributed by atoms with Crippen molar-refractivity contribution >= 4 is 11.6 Å². The molecule has 2 aromatic rings. The Kier molecular flexibility index (Phi) is 4.35. The number of ether oxygens (including phenoxy) is 1. The van der Waals surface area contributed by atoms with Crippen LogP contribution in [-0.4, -0.2) is 22.0 Å². The minimum Gasteiger partial charge on any atom is -0.493 e. The molecule has 0 fully saturated rings. The molecule has 1 aromatic carbocycles. The van der Waals surface area contributed by atoms with E-state index in [1.54, 1.807) is 24.1 Å². The fourth-order valence-corrected chi connectivity index (χ4v) is 2.30. The number of hydrogen-bond donors (Lipinski definition) is 1. The number of aliphatic hydroxyl groups is 1. The highest BCUT2D eigenvalue weighted by Crippen LogP contribution is 2.32. The normalized spacial score (nSPS) is 12.8. The van der Waals surface area contributed by atoms with Crippen LogP contribution in [0.2, 0.25) is 5.02 Å². The maximum absolute atomic E-state index is 10.7. The van der Waals surface area contributed by atoms with Crippen LogP contribution in [0, 0.1) is 6.92 Å². The van der Waals surface area contributed by atoms with Gasteiger partial charge in [-0.3, -0.25) is 4.68 Å². The van der Waals surface area contributed by atoms with Crippen molar-refractivity contribution < 1.29 is 9.84 Å². The average Bonchev–Trinajstić information content (AvgIpc) is 2.85. The highest BCUT2D eigenvalue weighted by Gasteiger charge is 2.23. The summed E-state index contributed by atoms with van der Waals surface area (Å²) in [7, 11) is 1.57. The fourth-order valence-electron chi connectivity index (χ4n) is 2.18. The maximum atomic E-state index is 10.7. The number of rotatable bonds is 4. The van der Waals surface area contributed by atoms with E-state index in [9.17, 15) is 5.11 Å². The standard InChI is InChI=1S/C15H19ClN2O2/c1-9(2)18-14(13(20-4)8-17-18)15(19)11-5-6-12(16)10(3)7-11/h5-9,15,19H,1-4H3. The summed E-state index contributed by atoms with van der Waals surface area (Å²) < 4.78 is 7.07. The largest absolute Gasteiger partial charge is 0.493 e. The van der Waals surface area contributed by atoms with Crippen molar-refractivity contribution in [2.24, 2.45) is 0 Å². The molecule has 0 spiro atoms. The van der Waals surface area contributed by atoms with E-state index < -0.39 is 6.10 Å². The van der Waals surface area contributed by atoms with Gasteiger partial charge in [0, 0.05) is 11.1 Å². The summed E-state index contributed by atoms with van der Waals surface area (Å²) >= 11 is 6.03. The molecule has 20 heavy (non-hydrogen) atoms. The number of nitrogens with zero attached hydrogens (tertiary/aromatic N) is 2. The first-order chi connectivity index (χ1) is 9.45. The highest BCUT2D eigenvalue weighted by atomic mass is 35.5. The molecular formula is C15H19ClN2O2. The predicted octanol–water partition coefficient (Wildman–Crippen LogP) is 3.52. The van der Waals surface area contributed by atoms with Crippen LogP contribution in [0.25, 0.3) is 0 Å². The van der Waals surface area contributed by atoms with Crippen LogP contribution in [0.3, 0.4) is 0 Å². The molecule has 0 amide bonds. The van der Waals surface area contributed by atoms with Gasteiger partial charge >= 0.3 is 0 Å². The molecule has 0 saturated heterocycles. The number of aliphatic hydroxyl groups excluding tert-OH is 1. The Hall–Kier alpha value is -1.52. The summed E-state index contributed by atoms with van der Waals surface area (Å²) in [6.45, 7) is 5.93. The lowest BCUT2D eigenvalue weighted by atomic mass is 10.0. The van der Waals surface area contributed by atoms with Gasteiger partial charge in [0.05, 0.1) is 13.3 Å². The summed E-state index contributed by atoms with van der Waals surface area (Å²) in [5.74, 6) is 0.582. The second-order valence-corrected chi connectivity index (χ2v) is 5.45. The van der Waals surface area contributed by atoms with Crippen molar-refractivity contribution in [3.05, 3.63) is 46.2 Å². The topological polar surface area (TPSA) is 47.3 Å². The minimum atomic E-state index is -0.800. The van der Waals surface area contributed by atoms with Crippen molar-refractivity contribution in [3.63, 3.8) is 0 Å². The zero-order chi connectivity index (χ0) is 14.9. The minimum absolute atomic E-state index is 0.136. The smallest absolute Gasteiger partial charge is 0.163 e. The van der Waals surface area contributed by atoms with Crippen LogP contribution in [0.15, 0.2) is 24.4 Å². The number of benzene rings is 1. The molecule has 1 unspecified atom stereocenters. The van der Waals surface area contributed by atoms with Crippen molar-refractivity contribution in [1.82, 2.24) is 9.78 Å². The van der Waals surface area contributed by atoms with E-state index in [-0.39, 0.29) is 6.04 Å². The van der Waals surface area contributed by atoms with Gasteiger partial charge < -0.3 is 9.84 Å². The van der Waals surface area contributed by atoms with E-state index >= 15 is 0 Å². The number of hydrogen-bond acceptors (Lipinski definition) is 3. The molecule has 4 nitrogen and oxygen atoms in total. The van der Waals surface area contributed by atoms with Crippen molar-refractivity contribution in [2.45, 2.75) is 32.9 Å². The molecule has 1 heterocycles. The molecule has 0 radical (unpaired) electrons. The van der Waals surface area contributed by atoms with E-state index in [1.807, 2.05) is 32.9 Å². The Morgan fingerprint density at radius 1 is 1.35 bits per heavy atom. The fraction of sp³-hybridized carbons (Fsp3) is 0.400. The summed E-state index contributed by atoms with van der Waals surface area (Å²) in [6.07, 6.45) is 0.826. The Morgan fingerprint density at radius 2 is 2.05 bits per heavy atom. The zero-order valence-corrected chi connectivity index (χ0v) is 12.8. The summed E-state index contributed by atoms with van der Waals surface area (Å²) in [6, 6.07) is 5.62. The van der Waals surface area contributed by atoms with Gasteiger partial charge in [0.2, 0.25) is 0 Å². The van der Waals surface area contributed by atoms with Crippen LogP contribution in [-0.2, 0) is 0 Å². The van der Waals surface area contributed by atoms with Gasteiger partial charge in [0.25, 0.3) is 0 Å². The van der Waals surface area contributed by atoms with E-state index in [0.717, 1.165) is 11.1 Å². The quantitative estimate of drug-likeness (QED) is 0.938. The van der Waals surface area contributed by atoms with Gasteiger partial charge in [0.1, 0.15) is 11.8 Å². The van der Waals surface area contributed by atoms with Gasteiger partial charge in [-0.15, -0.1) is 0 Å². The predicted molar refractivity (Wildman–Crippen MR) is 79.4 cm³/mol. The lowest BCUT2D eigenvalue weighted by Gasteiger charge is -2.18. The lowest BCUT2D eigenvalue weighted by Crippen LogP contribution is -2.13. The molecule has 0 aliphatic heterocycles. The molecule has 108 valence electrons. The van der Waals surface area contributed by atoms with Gasteiger partial charge in [0.15, 0.2) is 5.75 Å². The van der Waals surface area contributed by atoms with Crippen molar-refractivity contribution in [2.75, 3.05) is 7.11 Å². The lowest BCUT2D eigenvalue weighted by molar-refractivity contribution is 0.199. The average molecular weight is 295 g/mol. The second kappa shape index (κ2) is 5.85. The Balaban J connectivity index is 2.49. The molecule has 0 aliphatic carbocycles. The van der Waals surface area contributed by atoms with Crippen LogP contribution in [0.1, 0.15) is 42.8 Å². The molecule has 0 aliphatic rings. The van der Waals surface area contributed by atoms with E-state index in [2.05, 4.69) is 5.10 Å². The first kappa shape index (κ1) is 14.9. The summed E-state index contributed by atoms with van der Waals surface area (Å²) in [5.41, 5.74) is 2.36. The molecule has 2 rings (SSSR count). The number of halogens is 1. The van der Waals surface area contributed by atoms with E-state index in [0.29, 0.717) is 16.5 Å². The summed E-state index contributed by atoms with van der Waals surface area (Å²) in [4.78, 5) is 0. The third kappa shape index (κ3) is 2.67. The first-order valence-electron chi connectivity index (χ1n) is 6.51. The number of methoxy groups -OCH3 is 1. The maximum Gasteiger partial charge on any atom is 0.163 e. The Morgan fingerprint density at radius 3 is 2.60 bits per heavy atom. The van der Waals surface area contributed by atoms with E-state index in [1.165, 1.54) is 0 Å². The number of aryl methyl sites for hydroxylation is 1. The Labute approximate surface area is 123 Å². The monoisotopic (exact) mass is 294 g/mol. The van der Waals surface area contributed by atoms with Crippen molar-refractivity contribution in [3.8, 4) is 5.75 Å².